The lowest BCUT2D eigenvalue weighted by Crippen LogP contribution is -2.28. The Morgan fingerprint density at radius 2 is 2.00 bits per heavy atom. The fraction of sp³-hybridized carbons (Fsp3) is 0.188. The van der Waals surface area contributed by atoms with Gasteiger partial charge in [0.2, 0.25) is 0 Å². The predicted octanol–water partition coefficient (Wildman–Crippen LogP) is 1.21. The van der Waals surface area contributed by atoms with Crippen molar-refractivity contribution in [2.75, 3.05) is 18.4 Å². The van der Waals surface area contributed by atoms with Gasteiger partial charge in [0.1, 0.15) is 12.1 Å². The molecule has 122 valence electrons. The quantitative estimate of drug-likeness (QED) is 0.662. The number of hydrogen-bond donors (Lipinski definition) is 2. The molecule has 8 nitrogen and oxygen atoms in total. The number of amides is 1. The van der Waals surface area contributed by atoms with Gasteiger partial charge in [-0.05, 0) is 25.1 Å². The van der Waals surface area contributed by atoms with Crippen molar-refractivity contribution in [3.8, 4) is 5.82 Å². The fourth-order valence-corrected chi connectivity index (χ4v) is 2.08. The van der Waals surface area contributed by atoms with Gasteiger partial charge in [-0.25, -0.2) is 14.6 Å². The number of rotatable bonds is 6. The van der Waals surface area contributed by atoms with Crippen LogP contribution >= 0.6 is 0 Å². The molecule has 3 aromatic heterocycles. The van der Waals surface area contributed by atoms with Crippen molar-refractivity contribution < 1.29 is 4.79 Å². The molecule has 0 aliphatic carbocycles. The second-order valence-corrected chi connectivity index (χ2v) is 5.08. The highest BCUT2D eigenvalue weighted by molar-refractivity contribution is 5.93. The lowest BCUT2D eigenvalue weighted by molar-refractivity contribution is 0.0955. The molecule has 0 saturated carbocycles. The van der Waals surface area contributed by atoms with E-state index in [0.29, 0.717) is 30.3 Å². The number of pyridine rings is 1. The topological polar surface area (TPSA) is 97.6 Å². The highest BCUT2D eigenvalue weighted by Gasteiger charge is 2.04. The van der Waals surface area contributed by atoms with Crippen LogP contribution in [0.1, 0.15) is 16.1 Å². The molecule has 0 atom stereocenters. The first kappa shape index (κ1) is 15.6. The van der Waals surface area contributed by atoms with E-state index < -0.39 is 0 Å². The number of nitrogens with one attached hydrogen (secondary N) is 2. The van der Waals surface area contributed by atoms with Crippen LogP contribution in [-0.4, -0.2) is 43.7 Å². The molecule has 0 radical (unpaired) electrons. The zero-order valence-electron chi connectivity index (χ0n) is 13.2. The average molecular weight is 323 g/mol. The van der Waals surface area contributed by atoms with E-state index in [1.807, 2.05) is 19.2 Å². The van der Waals surface area contributed by atoms with Crippen molar-refractivity contribution in [3.05, 3.63) is 60.4 Å². The molecule has 0 aliphatic rings. The smallest absolute Gasteiger partial charge is 0.251 e. The Bertz CT molecular complexity index is 816. The van der Waals surface area contributed by atoms with Crippen LogP contribution in [0, 0.1) is 6.92 Å². The summed E-state index contributed by atoms with van der Waals surface area (Å²) in [5, 5.41) is 10.3. The van der Waals surface area contributed by atoms with Gasteiger partial charge >= 0.3 is 0 Å². The van der Waals surface area contributed by atoms with Gasteiger partial charge in [-0.15, -0.1) is 0 Å². The molecule has 2 N–H and O–H groups in total. The number of carbonyl (C=O) groups is 1. The van der Waals surface area contributed by atoms with E-state index in [2.05, 4.69) is 30.7 Å². The van der Waals surface area contributed by atoms with Crippen LogP contribution in [0.2, 0.25) is 0 Å². The van der Waals surface area contributed by atoms with Gasteiger partial charge in [0.05, 0.1) is 5.69 Å². The highest BCUT2D eigenvalue weighted by Crippen LogP contribution is 2.08. The van der Waals surface area contributed by atoms with Crippen LogP contribution in [0.4, 0.5) is 5.82 Å². The van der Waals surface area contributed by atoms with E-state index in [-0.39, 0.29) is 5.91 Å². The van der Waals surface area contributed by atoms with Crippen LogP contribution in [-0.2, 0) is 0 Å². The molecule has 3 rings (SSSR count). The second kappa shape index (κ2) is 7.32. The summed E-state index contributed by atoms with van der Waals surface area (Å²) in [6.07, 6.45) is 6.50. The lowest BCUT2D eigenvalue weighted by Gasteiger charge is -2.08. The molecule has 0 aromatic carbocycles. The van der Waals surface area contributed by atoms with Crippen molar-refractivity contribution in [2.24, 2.45) is 0 Å². The van der Waals surface area contributed by atoms with Crippen LogP contribution in [0.15, 0.2) is 49.2 Å². The third-order valence-corrected chi connectivity index (χ3v) is 3.27. The molecular formula is C16H17N7O. The van der Waals surface area contributed by atoms with Gasteiger partial charge in [-0.3, -0.25) is 9.78 Å². The number of aryl methyl sites for hydroxylation is 1. The van der Waals surface area contributed by atoms with E-state index in [4.69, 9.17) is 0 Å². The highest BCUT2D eigenvalue weighted by atomic mass is 16.1. The summed E-state index contributed by atoms with van der Waals surface area (Å²) in [7, 11) is 0. The molecule has 0 unspecified atom stereocenters. The summed E-state index contributed by atoms with van der Waals surface area (Å²) >= 11 is 0. The maximum atomic E-state index is 11.9. The first-order valence-corrected chi connectivity index (χ1v) is 7.49. The van der Waals surface area contributed by atoms with Crippen LogP contribution < -0.4 is 10.6 Å². The maximum Gasteiger partial charge on any atom is 0.251 e. The monoisotopic (exact) mass is 323 g/mol. The van der Waals surface area contributed by atoms with E-state index in [1.54, 1.807) is 35.3 Å². The van der Waals surface area contributed by atoms with E-state index in [9.17, 15) is 4.79 Å². The van der Waals surface area contributed by atoms with Crippen molar-refractivity contribution in [1.82, 2.24) is 30.0 Å². The number of anilines is 1. The van der Waals surface area contributed by atoms with Gasteiger partial charge in [-0.1, -0.05) is 0 Å². The van der Waals surface area contributed by atoms with Crippen molar-refractivity contribution in [2.45, 2.75) is 6.92 Å². The van der Waals surface area contributed by atoms with Crippen molar-refractivity contribution in [1.29, 1.82) is 0 Å². The minimum Gasteiger partial charge on any atom is -0.368 e. The summed E-state index contributed by atoms with van der Waals surface area (Å²) in [4.78, 5) is 24.1. The Hall–Kier alpha value is -3.29. The Morgan fingerprint density at radius 3 is 2.75 bits per heavy atom. The number of hydrogen-bond acceptors (Lipinski definition) is 6. The van der Waals surface area contributed by atoms with E-state index in [1.165, 1.54) is 6.33 Å². The molecule has 0 aliphatic heterocycles. The van der Waals surface area contributed by atoms with Gasteiger partial charge in [0.25, 0.3) is 5.91 Å². The van der Waals surface area contributed by atoms with E-state index >= 15 is 0 Å². The minimum atomic E-state index is -0.130. The largest absolute Gasteiger partial charge is 0.368 e. The van der Waals surface area contributed by atoms with Crippen molar-refractivity contribution >= 4 is 11.7 Å². The summed E-state index contributed by atoms with van der Waals surface area (Å²) < 4.78 is 1.69. The SMILES string of the molecule is Cc1ccn(-c2cc(NCCNC(=O)c3ccncc3)ncn2)n1. The first-order valence-electron chi connectivity index (χ1n) is 7.49. The summed E-state index contributed by atoms with van der Waals surface area (Å²) in [6, 6.07) is 7.05. The molecule has 0 spiro atoms. The molecule has 3 heterocycles. The Morgan fingerprint density at radius 1 is 1.17 bits per heavy atom. The second-order valence-electron chi connectivity index (χ2n) is 5.08. The summed E-state index contributed by atoms with van der Waals surface area (Å²) in [6.45, 7) is 2.94. The van der Waals surface area contributed by atoms with Gasteiger partial charge in [0.15, 0.2) is 5.82 Å². The molecule has 0 bridgehead atoms. The maximum absolute atomic E-state index is 11.9. The van der Waals surface area contributed by atoms with Gasteiger partial charge < -0.3 is 10.6 Å². The number of nitrogens with zero attached hydrogens (tertiary/aromatic N) is 5. The molecule has 8 heteroatoms. The minimum absolute atomic E-state index is 0.130. The van der Waals surface area contributed by atoms with Gasteiger partial charge in [-0.2, -0.15) is 5.10 Å². The molecule has 0 saturated heterocycles. The van der Waals surface area contributed by atoms with E-state index in [0.717, 1.165) is 5.69 Å². The van der Waals surface area contributed by atoms with Crippen LogP contribution in [0.25, 0.3) is 5.82 Å². The number of carbonyl (C=O) groups excluding carboxylic acids is 1. The Kier molecular flexibility index (Phi) is 4.76. The summed E-state index contributed by atoms with van der Waals surface area (Å²) in [5.41, 5.74) is 1.50. The lowest BCUT2D eigenvalue weighted by atomic mass is 10.2. The third kappa shape index (κ3) is 3.92. The normalized spacial score (nSPS) is 10.4. The van der Waals surface area contributed by atoms with Gasteiger partial charge in [0, 0.05) is 43.3 Å². The molecule has 0 fully saturated rings. The van der Waals surface area contributed by atoms with Crippen LogP contribution in [0.3, 0.4) is 0 Å². The Balaban J connectivity index is 1.51. The standard InChI is InChI=1S/C16H17N7O/c1-12-4-9-23(22-12)15-10-14(20-11-21-15)18-7-8-19-16(24)13-2-5-17-6-3-13/h2-6,9-11H,7-8H2,1H3,(H,19,24)(H,18,20,21). The van der Waals surface area contributed by atoms with Crippen molar-refractivity contribution in [3.63, 3.8) is 0 Å². The molecule has 1 amide bonds. The molecular weight excluding hydrogens is 306 g/mol. The predicted molar refractivity (Wildman–Crippen MR) is 89.0 cm³/mol. The Labute approximate surface area is 139 Å². The molecule has 3 aromatic rings. The molecule has 24 heavy (non-hydrogen) atoms. The number of aromatic nitrogens is 5. The first-order chi connectivity index (χ1) is 11.7. The average Bonchev–Trinajstić information content (AvgIpc) is 3.06. The van der Waals surface area contributed by atoms with Crippen LogP contribution in [0.5, 0.6) is 0 Å². The zero-order chi connectivity index (χ0) is 16.8. The third-order valence-electron chi connectivity index (χ3n) is 3.27. The zero-order valence-corrected chi connectivity index (χ0v) is 13.2. The summed E-state index contributed by atoms with van der Waals surface area (Å²) in [5.74, 6) is 1.22. The fourth-order valence-electron chi connectivity index (χ4n) is 2.08.